The van der Waals surface area contributed by atoms with E-state index in [9.17, 15) is 0 Å². The summed E-state index contributed by atoms with van der Waals surface area (Å²) in [6.45, 7) is 5.04. The Labute approximate surface area is 129 Å². The molecular formula is C17H19N3S. The van der Waals surface area contributed by atoms with Gasteiger partial charge in [0.15, 0.2) is 0 Å². The Morgan fingerprint density at radius 3 is 2.71 bits per heavy atom. The van der Waals surface area contributed by atoms with Crippen LogP contribution >= 0.6 is 11.3 Å². The van der Waals surface area contributed by atoms with E-state index in [2.05, 4.69) is 63.6 Å². The summed E-state index contributed by atoms with van der Waals surface area (Å²) in [5.41, 5.74) is 2.34. The number of rotatable bonds is 5. The highest BCUT2D eigenvalue weighted by atomic mass is 32.1. The maximum Gasteiger partial charge on any atom is 0.110 e. The molecule has 0 radical (unpaired) electrons. The summed E-state index contributed by atoms with van der Waals surface area (Å²) in [6, 6.07) is 15.0. The minimum atomic E-state index is 0.351. The van der Waals surface area contributed by atoms with E-state index >= 15 is 0 Å². The molecule has 0 aliphatic carbocycles. The van der Waals surface area contributed by atoms with Crippen molar-refractivity contribution in [3.63, 3.8) is 0 Å². The lowest BCUT2D eigenvalue weighted by Crippen LogP contribution is -2.19. The van der Waals surface area contributed by atoms with Crippen molar-refractivity contribution < 1.29 is 0 Å². The van der Waals surface area contributed by atoms with E-state index in [0.29, 0.717) is 6.04 Å². The molecule has 108 valence electrons. The van der Waals surface area contributed by atoms with E-state index in [1.807, 2.05) is 19.2 Å². The lowest BCUT2D eigenvalue weighted by atomic mass is 10.2. The molecule has 0 unspecified atom stereocenters. The molecule has 2 heterocycles. The van der Waals surface area contributed by atoms with Crippen LogP contribution in [0.15, 0.2) is 54.0 Å². The molecule has 3 rings (SSSR count). The van der Waals surface area contributed by atoms with Crippen LogP contribution in [0.1, 0.15) is 29.4 Å². The van der Waals surface area contributed by atoms with Crippen molar-refractivity contribution in [2.75, 3.05) is 0 Å². The molecule has 1 aromatic carbocycles. The fourth-order valence-electron chi connectivity index (χ4n) is 2.44. The van der Waals surface area contributed by atoms with Gasteiger partial charge in [0.05, 0.1) is 11.9 Å². The number of para-hydroxylation sites is 1. The first-order valence-corrected chi connectivity index (χ1v) is 7.99. The van der Waals surface area contributed by atoms with Crippen LogP contribution < -0.4 is 5.32 Å². The quantitative estimate of drug-likeness (QED) is 0.768. The van der Waals surface area contributed by atoms with Gasteiger partial charge in [-0.2, -0.15) is 0 Å². The van der Waals surface area contributed by atoms with Crippen LogP contribution in [0.5, 0.6) is 0 Å². The van der Waals surface area contributed by atoms with Gasteiger partial charge >= 0.3 is 0 Å². The van der Waals surface area contributed by atoms with Crippen molar-refractivity contribution in [2.45, 2.75) is 26.4 Å². The minimum absolute atomic E-state index is 0.351. The van der Waals surface area contributed by atoms with Crippen LogP contribution in [0.4, 0.5) is 0 Å². The Bertz CT molecular complexity index is 686. The van der Waals surface area contributed by atoms with Gasteiger partial charge in [-0.15, -0.1) is 11.3 Å². The van der Waals surface area contributed by atoms with E-state index in [4.69, 9.17) is 0 Å². The number of nitrogens with zero attached hydrogens (tertiary/aromatic N) is 2. The molecule has 2 aromatic heterocycles. The van der Waals surface area contributed by atoms with Crippen molar-refractivity contribution in [1.29, 1.82) is 0 Å². The average Bonchev–Trinajstić information content (AvgIpc) is 3.15. The zero-order valence-corrected chi connectivity index (χ0v) is 13.1. The monoisotopic (exact) mass is 297 g/mol. The number of benzene rings is 1. The van der Waals surface area contributed by atoms with Crippen molar-refractivity contribution in [3.8, 4) is 5.69 Å². The van der Waals surface area contributed by atoms with Crippen LogP contribution in [0, 0.1) is 6.92 Å². The number of imidazole rings is 1. The highest BCUT2D eigenvalue weighted by Crippen LogP contribution is 2.20. The first-order chi connectivity index (χ1) is 10.3. The zero-order chi connectivity index (χ0) is 14.7. The summed E-state index contributed by atoms with van der Waals surface area (Å²) in [4.78, 5) is 5.82. The number of hydrogen-bond donors (Lipinski definition) is 1. The van der Waals surface area contributed by atoms with Gasteiger partial charge in [0.25, 0.3) is 0 Å². The standard InChI is InChI=1S/C17H19N3S/c1-13(17-9-6-10-21-17)18-11-16-12-19-14(2)20(16)15-7-4-3-5-8-15/h3-10,12-13,18H,11H2,1-2H3/t13-/m0/s1. The molecule has 1 atom stereocenters. The van der Waals surface area contributed by atoms with Crippen LogP contribution in [0.3, 0.4) is 0 Å². The Kier molecular flexibility index (Phi) is 4.18. The first kappa shape index (κ1) is 14.0. The summed E-state index contributed by atoms with van der Waals surface area (Å²) < 4.78 is 2.20. The molecule has 0 aliphatic rings. The van der Waals surface area contributed by atoms with Crippen LogP contribution in [0.2, 0.25) is 0 Å². The summed E-state index contributed by atoms with van der Waals surface area (Å²) in [5.74, 6) is 1.02. The molecule has 0 spiro atoms. The molecule has 1 N–H and O–H groups in total. The van der Waals surface area contributed by atoms with Gasteiger partial charge in [0, 0.05) is 23.2 Å². The van der Waals surface area contributed by atoms with Gasteiger partial charge in [-0.05, 0) is 37.4 Å². The number of hydrogen-bond acceptors (Lipinski definition) is 3. The molecule has 4 heteroatoms. The lowest BCUT2D eigenvalue weighted by molar-refractivity contribution is 0.570. The number of thiophene rings is 1. The van der Waals surface area contributed by atoms with Crippen LogP contribution in [-0.4, -0.2) is 9.55 Å². The second kappa shape index (κ2) is 6.24. The number of nitrogens with one attached hydrogen (secondary N) is 1. The smallest absolute Gasteiger partial charge is 0.110 e. The molecule has 0 aliphatic heterocycles. The molecule has 0 saturated carbocycles. The van der Waals surface area contributed by atoms with Gasteiger partial charge in [0.2, 0.25) is 0 Å². The van der Waals surface area contributed by atoms with Gasteiger partial charge in [-0.3, -0.25) is 4.57 Å². The summed E-state index contributed by atoms with van der Waals surface area (Å²) >= 11 is 1.79. The summed E-state index contributed by atoms with van der Waals surface area (Å²) in [7, 11) is 0. The molecule has 0 fully saturated rings. The molecule has 3 nitrogen and oxygen atoms in total. The van der Waals surface area contributed by atoms with Crippen LogP contribution in [-0.2, 0) is 6.54 Å². The van der Waals surface area contributed by atoms with E-state index in [0.717, 1.165) is 18.1 Å². The van der Waals surface area contributed by atoms with E-state index in [-0.39, 0.29) is 0 Å². The molecule has 0 saturated heterocycles. The van der Waals surface area contributed by atoms with E-state index in [1.165, 1.54) is 10.6 Å². The van der Waals surface area contributed by atoms with Crippen molar-refractivity contribution >= 4 is 11.3 Å². The third-order valence-corrected chi connectivity index (χ3v) is 4.64. The Morgan fingerprint density at radius 1 is 1.19 bits per heavy atom. The molecular weight excluding hydrogens is 278 g/mol. The predicted molar refractivity (Wildman–Crippen MR) is 87.9 cm³/mol. The SMILES string of the molecule is Cc1ncc(CN[C@@H](C)c2cccs2)n1-c1ccccc1. The molecule has 3 aromatic rings. The Hall–Kier alpha value is -1.91. The zero-order valence-electron chi connectivity index (χ0n) is 12.3. The van der Waals surface area contributed by atoms with Crippen molar-refractivity contribution in [3.05, 3.63) is 70.4 Å². The highest BCUT2D eigenvalue weighted by Gasteiger charge is 2.11. The summed E-state index contributed by atoms with van der Waals surface area (Å²) in [5, 5.41) is 5.69. The fraction of sp³-hybridized carbons (Fsp3) is 0.235. The van der Waals surface area contributed by atoms with E-state index in [1.54, 1.807) is 11.3 Å². The number of aromatic nitrogens is 2. The van der Waals surface area contributed by atoms with Gasteiger partial charge in [-0.1, -0.05) is 24.3 Å². The average molecular weight is 297 g/mol. The second-order valence-electron chi connectivity index (χ2n) is 5.09. The third-order valence-electron chi connectivity index (χ3n) is 3.58. The topological polar surface area (TPSA) is 29.9 Å². The van der Waals surface area contributed by atoms with E-state index < -0.39 is 0 Å². The Balaban J connectivity index is 1.78. The molecule has 0 amide bonds. The van der Waals surface area contributed by atoms with Gasteiger partial charge in [-0.25, -0.2) is 4.98 Å². The maximum absolute atomic E-state index is 4.46. The number of aryl methyl sites for hydroxylation is 1. The lowest BCUT2D eigenvalue weighted by Gasteiger charge is -2.14. The Morgan fingerprint density at radius 2 is 2.00 bits per heavy atom. The highest BCUT2D eigenvalue weighted by molar-refractivity contribution is 7.10. The summed E-state index contributed by atoms with van der Waals surface area (Å²) in [6.07, 6.45) is 1.95. The third kappa shape index (κ3) is 3.06. The molecule has 21 heavy (non-hydrogen) atoms. The van der Waals surface area contributed by atoms with Gasteiger partial charge < -0.3 is 5.32 Å². The van der Waals surface area contributed by atoms with Crippen LogP contribution in [0.25, 0.3) is 5.69 Å². The van der Waals surface area contributed by atoms with Crippen molar-refractivity contribution in [1.82, 2.24) is 14.9 Å². The van der Waals surface area contributed by atoms with Crippen molar-refractivity contribution in [2.24, 2.45) is 0 Å². The minimum Gasteiger partial charge on any atom is -0.304 e. The predicted octanol–water partition coefficient (Wildman–Crippen LogP) is 4.09. The first-order valence-electron chi connectivity index (χ1n) is 7.11. The maximum atomic E-state index is 4.46. The largest absolute Gasteiger partial charge is 0.304 e. The second-order valence-corrected chi connectivity index (χ2v) is 6.06. The normalized spacial score (nSPS) is 12.5. The van der Waals surface area contributed by atoms with Gasteiger partial charge in [0.1, 0.15) is 5.82 Å². The fourth-order valence-corrected chi connectivity index (χ4v) is 3.20. The molecule has 0 bridgehead atoms.